The second-order valence-corrected chi connectivity index (χ2v) is 4.59. The number of H-pyrrole nitrogens is 1. The molecule has 1 unspecified atom stereocenters. The summed E-state index contributed by atoms with van der Waals surface area (Å²) in [4.78, 5) is 8.48. The second kappa shape index (κ2) is 4.59. The van der Waals surface area contributed by atoms with Crippen molar-refractivity contribution >= 4 is 11.3 Å². The Morgan fingerprint density at radius 2 is 2.47 bits per heavy atom. The predicted molar refractivity (Wildman–Crippen MR) is 62.9 cm³/mol. The van der Waals surface area contributed by atoms with Gasteiger partial charge in [0.25, 0.3) is 0 Å². The number of aromatic amines is 1. The zero-order chi connectivity index (χ0) is 10.7. The fourth-order valence-electron chi connectivity index (χ4n) is 1.57. The minimum atomic E-state index is 0.397. The molecule has 0 aromatic carbocycles. The van der Waals surface area contributed by atoms with Crippen molar-refractivity contribution in [3.8, 4) is 0 Å². The fourth-order valence-corrected chi connectivity index (χ4v) is 2.53. The Balaban J connectivity index is 1.93. The lowest BCUT2D eigenvalue weighted by molar-refractivity contribution is 0.575. The van der Waals surface area contributed by atoms with E-state index in [2.05, 4.69) is 40.6 Å². The first-order valence-electron chi connectivity index (χ1n) is 5.02. The largest absolute Gasteiger partial charge is 0.347 e. The third kappa shape index (κ3) is 2.46. The summed E-state index contributed by atoms with van der Waals surface area (Å²) in [6, 6.07) is 2.56. The maximum Gasteiger partial charge on any atom is 0.0922 e. The van der Waals surface area contributed by atoms with E-state index in [0.29, 0.717) is 6.04 Å². The van der Waals surface area contributed by atoms with Gasteiger partial charge in [0.2, 0.25) is 0 Å². The molecule has 0 aliphatic heterocycles. The van der Waals surface area contributed by atoms with Gasteiger partial charge in [-0.05, 0) is 30.9 Å². The van der Waals surface area contributed by atoms with Gasteiger partial charge in [0, 0.05) is 29.4 Å². The van der Waals surface area contributed by atoms with E-state index in [9.17, 15) is 0 Å². The lowest BCUT2D eigenvalue weighted by atomic mass is 10.2. The third-order valence-electron chi connectivity index (χ3n) is 2.45. The van der Waals surface area contributed by atoms with Crippen LogP contribution in [0.3, 0.4) is 0 Å². The van der Waals surface area contributed by atoms with Gasteiger partial charge in [-0.1, -0.05) is 0 Å². The van der Waals surface area contributed by atoms with Crippen LogP contribution in [0.4, 0.5) is 0 Å². The molecule has 0 spiro atoms. The molecule has 1 atom stereocenters. The zero-order valence-corrected chi connectivity index (χ0v) is 9.77. The average Bonchev–Trinajstić information content (AvgIpc) is 2.84. The summed E-state index contributed by atoms with van der Waals surface area (Å²) in [5, 5.41) is 5.61. The van der Waals surface area contributed by atoms with E-state index < -0.39 is 0 Å². The highest BCUT2D eigenvalue weighted by Gasteiger charge is 2.08. The van der Waals surface area contributed by atoms with Crippen molar-refractivity contribution < 1.29 is 0 Å². The van der Waals surface area contributed by atoms with Crippen molar-refractivity contribution in [2.24, 2.45) is 0 Å². The van der Waals surface area contributed by atoms with Crippen molar-refractivity contribution in [1.82, 2.24) is 15.3 Å². The predicted octanol–water partition coefficient (Wildman–Crippen LogP) is 2.63. The summed E-state index contributed by atoms with van der Waals surface area (Å²) < 4.78 is 0. The van der Waals surface area contributed by atoms with Crippen LogP contribution in [0.2, 0.25) is 0 Å². The van der Waals surface area contributed by atoms with Gasteiger partial charge in [0.1, 0.15) is 0 Å². The second-order valence-electron chi connectivity index (χ2n) is 3.65. The summed E-state index contributed by atoms with van der Waals surface area (Å²) in [5.41, 5.74) is 2.49. The molecule has 15 heavy (non-hydrogen) atoms. The molecule has 3 nitrogen and oxygen atoms in total. The van der Waals surface area contributed by atoms with Crippen molar-refractivity contribution in [3.05, 3.63) is 40.1 Å². The number of nitrogens with one attached hydrogen (secondary N) is 2. The third-order valence-corrected chi connectivity index (χ3v) is 3.65. The van der Waals surface area contributed by atoms with Crippen LogP contribution in [0.25, 0.3) is 0 Å². The quantitative estimate of drug-likeness (QED) is 0.833. The SMILES string of the molecule is Cc1ccsc1C(C)NCc1cnc[nH]1. The number of hydrogen-bond acceptors (Lipinski definition) is 3. The minimum Gasteiger partial charge on any atom is -0.347 e. The van der Waals surface area contributed by atoms with E-state index in [0.717, 1.165) is 12.2 Å². The standard InChI is InChI=1S/C11H15N3S/c1-8-3-4-15-11(8)9(2)13-6-10-5-12-7-14-10/h3-5,7,9,13H,6H2,1-2H3,(H,12,14). The lowest BCUT2D eigenvalue weighted by Crippen LogP contribution is -2.17. The van der Waals surface area contributed by atoms with Gasteiger partial charge in [0.15, 0.2) is 0 Å². The molecule has 0 amide bonds. The molecule has 2 rings (SSSR count). The first-order valence-corrected chi connectivity index (χ1v) is 5.90. The maximum atomic E-state index is 3.99. The minimum absolute atomic E-state index is 0.397. The molecule has 0 fully saturated rings. The molecule has 80 valence electrons. The smallest absolute Gasteiger partial charge is 0.0922 e. The first-order chi connectivity index (χ1) is 7.27. The van der Waals surface area contributed by atoms with E-state index in [4.69, 9.17) is 0 Å². The van der Waals surface area contributed by atoms with Crippen molar-refractivity contribution in [2.75, 3.05) is 0 Å². The molecule has 0 saturated heterocycles. The molecule has 0 bridgehead atoms. The number of imidazole rings is 1. The van der Waals surface area contributed by atoms with Crippen LogP contribution < -0.4 is 5.32 Å². The summed E-state index contributed by atoms with van der Waals surface area (Å²) in [5.74, 6) is 0. The fraction of sp³-hybridized carbons (Fsp3) is 0.364. The number of hydrogen-bond donors (Lipinski definition) is 2. The van der Waals surface area contributed by atoms with Crippen LogP contribution in [-0.4, -0.2) is 9.97 Å². The van der Waals surface area contributed by atoms with Gasteiger partial charge >= 0.3 is 0 Å². The number of aryl methyl sites for hydroxylation is 1. The lowest BCUT2D eigenvalue weighted by Gasteiger charge is -2.12. The van der Waals surface area contributed by atoms with Crippen LogP contribution in [-0.2, 0) is 6.54 Å². The Labute approximate surface area is 93.6 Å². The Kier molecular flexibility index (Phi) is 3.18. The van der Waals surface area contributed by atoms with E-state index in [1.807, 2.05) is 6.20 Å². The molecule has 2 heterocycles. The van der Waals surface area contributed by atoms with E-state index in [-0.39, 0.29) is 0 Å². The highest BCUT2D eigenvalue weighted by Crippen LogP contribution is 2.23. The van der Waals surface area contributed by atoms with Gasteiger partial charge in [-0.25, -0.2) is 4.98 Å². The highest BCUT2D eigenvalue weighted by atomic mass is 32.1. The molecule has 0 aliphatic carbocycles. The van der Waals surface area contributed by atoms with Gasteiger partial charge in [0.05, 0.1) is 6.33 Å². The van der Waals surface area contributed by atoms with Gasteiger partial charge in [-0.15, -0.1) is 11.3 Å². The zero-order valence-electron chi connectivity index (χ0n) is 8.95. The monoisotopic (exact) mass is 221 g/mol. The van der Waals surface area contributed by atoms with Crippen molar-refractivity contribution in [3.63, 3.8) is 0 Å². The summed E-state index contributed by atoms with van der Waals surface area (Å²) in [7, 11) is 0. The first kappa shape index (κ1) is 10.4. The Morgan fingerprint density at radius 3 is 3.07 bits per heavy atom. The summed E-state index contributed by atoms with van der Waals surface area (Å²) >= 11 is 1.81. The molecule has 2 aromatic heterocycles. The van der Waals surface area contributed by atoms with Gasteiger partial charge in [-0.2, -0.15) is 0 Å². The number of nitrogens with zero attached hydrogens (tertiary/aromatic N) is 1. The van der Waals surface area contributed by atoms with E-state index in [1.54, 1.807) is 17.7 Å². The molecule has 0 aliphatic rings. The van der Waals surface area contributed by atoms with Crippen molar-refractivity contribution in [1.29, 1.82) is 0 Å². The van der Waals surface area contributed by atoms with Crippen LogP contribution >= 0.6 is 11.3 Å². The topological polar surface area (TPSA) is 40.7 Å². The molecule has 0 saturated carbocycles. The normalized spacial score (nSPS) is 12.9. The molecule has 2 N–H and O–H groups in total. The Bertz CT molecular complexity index is 405. The molecule has 4 heteroatoms. The molecular formula is C11H15N3S. The van der Waals surface area contributed by atoms with Crippen LogP contribution in [0, 0.1) is 6.92 Å². The molecule has 0 radical (unpaired) electrons. The maximum absolute atomic E-state index is 3.99. The van der Waals surface area contributed by atoms with E-state index >= 15 is 0 Å². The number of thiophene rings is 1. The van der Waals surface area contributed by atoms with Gasteiger partial charge < -0.3 is 10.3 Å². The van der Waals surface area contributed by atoms with Crippen molar-refractivity contribution in [2.45, 2.75) is 26.4 Å². The van der Waals surface area contributed by atoms with E-state index in [1.165, 1.54) is 10.4 Å². The Morgan fingerprint density at radius 1 is 1.60 bits per heavy atom. The van der Waals surface area contributed by atoms with Gasteiger partial charge in [-0.3, -0.25) is 0 Å². The summed E-state index contributed by atoms with van der Waals surface area (Å²) in [6.07, 6.45) is 3.55. The highest BCUT2D eigenvalue weighted by molar-refractivity contribution is 7.10. The molecular weight excluding hydrogens is 206 g/mol. The molecule has 2 aromatic rings. The number of aromatic nitrogens is 2. The Hall–Kier alpha value is -1.13. The average molecular weight is 221 g/mol. The van der Waals surface area contributed by atoms with Crippen LogP contribution in [0.1, 0.15) is 29.1 Å². The number of rotatable bonds is 4. The van der Waals surface area contributed by atoms with Crippen LogP contribution in [0.5, 0.6) is 0 Å². The summed E-state index contributed by atoms with van der Waals surface area (Å²) in [6.45, 7) is 5.17. The van der Waals surface area contributed by atoms with Crippen LogP contribution in [0.15, 0.2) is 24.0 Å².